The molecule has 1 aromatic carbocycles. The number of nitrogen functional groups attached to an aromatic ring is 1. The molecule has 0 aliphatic carbocycles. The largest absolute Gasteiger partial charge is 0.497 e. The van der Waals surface area contributed by atoms with E-state index in [0.717, 1.165) is 53.9 Å². The summed E-state index contributed by atoms with van der Waals surface area (Å²) >= 11 is 0. The van der Waals surface area contributed by atoms with Crippen LogP contribution in [0.5, 0.6) is 5.75 Å². The molecule has 3 aromatic rings. The molecule has 2 heterocycles. The van der Waals surface area contributed by atoms with E-state index >= 15 is 0 Å². The van der Waals surface area contributed by atoms with Crippen LogP contribution in [0, 0.1) is 0 Å². The first-order valence-electron chi connectivity index (χ1n) is 7.99. The van der Waals surface area contributed by atoms with E-state index in [9.17, 15) is 0 Å². The Kier molecular flexibility index (Phi) is 4.34. The predicted octanol–water partition coefficient (Wildman–Crippen LogP) is 2.52. The molecule has 0 radical (unpaired) electrons. The molecule has 0 spiro atoms. The summed E-state index contributed by atoms with van der Waals surface area (Å²) in [6.45, 7) is 8.09. The first-order chi connectivity index (χ1) is 11.2. The third-order valence-electron chi connectivity index (χ3n) is 4.28. The van der Waals surface area contributed by atoms with Gasteiger partial charge in [-0.3, -0.25) is 0 Å². The number of methoxy groups -OCH3 is 1. The van der Waals surface area contributed by atoms with Crippen molar-refractivity contribution in [3.05, 3.63) is 24.3 Å². The molecule has 0 saturated heterocycles. The quantitative estimate of drug-likeness (QED) is 0.757. The van der Waals surface area contributed by atoms with Crippen LogP contribution in [0.25, 0.3) is 21.9 Å². The number of aromatic nitrogens is 3. The fourth-order valence-corrected chi connectivity index (χ4v) is 2.81. The van der Waals surface area contributed by atoms with Crippen molar-refractivity contribution in [2.24, 2.45) is 0 Å². The van der Waals surface area contributed by atoms with E-state index in [1.807, 2.05) is 28.9 Å². The Labute approximate surface area is 135 Å². The van der Waals surface area contributed by atoms with Gasteiger partial charge in [0.25, 0.3) is 0 Å². The standard InChI is InChI=1S/C17H23N5O/c1-4-21(5-2)8-9-22-17-14(16(18)20-22)10-12-6-7-13(23-3)11-15(12)19-17/h6-7,10-11H,4-5,8-9H2,1-3H3,(H2,18,20). The molecule has 0 aliphatic rings. The van der Waals surface area contributed by atoms with E-state index in [1.165, 1.54) is 0 Å². The number of likely N-dealkylation sites (N-methyl/N-ethyl adjacent to an activating group) is 1. The third-order valence-corrected chi connectivity index (χ3v) is 4.28. The molecule has 23 heavy (non-hydrogen) atoms. The first kappa shape index (κ1) is 15.6. The number of hydrogen-bond donors (Lipinski definition) is 1. The molecule has 6 nitrogen and oxygen atoms in total. The Morgan fingerprint density at radius 3 is 2.70 bits per heavy atom. The van der Waals surface area contributed by atoms with Crippen molar-refractivity contribution in [2.75, 3.05) is 32.5 Å². The van der Waals surface area contributed by atoms with Crippen molar-refractivity contribution in [3.8, 4) is 5.75 Å². The van der Waals surface area contributed by atoms with Crippen molar-refractivity contribution >= 4 is 27.8 Å². The van der Waals surface area contributed by atoms with E-state index in [4.69, 9.17) is 15.5 Å². The van der Waals surface area contributed by atoms with Gasteiger partial charge < -0.3 is 15.4 Å². The second-order valence-corrected chi connectivity index (χ2v) is 5.55. The summed E-state index contributed by atoms with van der Waals surface area (Å²) in [6.07, 6.45) is 0. The van der Waals surface area contributed by atoms with E-state index in [1.54, 1.807) is 7.11 Å². The lowest BCUT2D eigenvalue weighted by molar-refractivity contribution is 0.287. The SMILES string of the molecule is CCN(CC)CCn1nc(N)c2cc3ccc(OC)cc3nc21. The average molecular weight is 313 g/mol. The molecular formula is C17H23N5O. The van der Waals surface area contributed by atoms with E-state index in [2.05, 4.69) is 23.8 Å². The molecule has 0 bridgehead atoms. The second kappa shape index (κ2) is 6.42. The lowest BCUT2D eigenvalue weighted by Gasteiger charge is -2.17. The topological polar surface area (TPSA) is 69.2 Å². The highest BCUT2D eigenvalue weighted by molar-refractivity contribution is 5.96. The van der Waals surface area contributed by atoms with Gasteiger partial charge in [0.05, 0.1) is 24.6 Å². The van der Waals surface area contributed by atoms with Crippen LogP contribution in [-0.4, -0.2) is 46.4 Å². The summed E-state index contributed by atoms with van der Waals surface area (Å²) in [4.78, 5) is 7.11. The van der Waals surface area contributed by atoms with Crippen molar-refractivity contribution in [2.45, 2.75) is 20.4 Å². The summed E-state index contributed by atoms with van der Waals surface area (Å²) in [5.74, 6) is 1.33. The highest BCUT2D eigenvalue weighted by Crippen LogP contribution is 2.26. The van der Waals surface area contributed by atoms with Crippen LogP contribution >= 0.6 is 0 Å². The zero-order valence-electron chi connectivity index (χ0n) is 13.9. The second-order valence-electron chi connectivity index (χ2n) is 5.55. The van der Waals surface area contributed by atoms with Crippen LogP contribution in [0.3, 0.4) is 0 Å². The molecule has 0 atom stereocenters. The van der Waals surface area contributed by atoms with Gasteiger partial charge in [0.15, 0.2) is 11.5 Å². The molecule has 0 saturated carbocycles. The minimum Gasteiger partial charge on any atom is -0.497 e. The van der Waals surface area contributed by atoms with Gasteiger partial charge in [-0.25, -0.2) is 9.67 Å². The zero-order chi connectivity index (χ0) is 16.4. The van der Waals surface area contributed by atoms with Crippen LogP contribution < -0.4 is 10.5 Å². The number of ether oxygens (including phenoxy) is 1. The van der Waals surface area contributed by atoms with Gasteiger partial charge in [-0.05, 0) is 31.3 Å². The van der Waals surface area contributed by atoms with Crippen LogP contribution in [0.2, 0.25) is 0 Å². The molecular weight excluding hydrogens is 290 g/mol. The Morgan fingerprint density at radius 1 is 1.22 bits per heavy atom. The van der Waals surface area contributed by atoms with Gasteiger partial charge >= 0.3 is 0 Å². The third kappa shape index (κ3) is 2.94. The van der Waals surface area contributed by atoms with E-state index < -0.39 is 0 Å². The Morgan fingerprint density at radius 2 is 2.00 bits per heavy atom. The summed E-state index contributed by atoms with van der Waals surface area (Å²) in [7, 11) is 1.66. The van der Waals surface area contributed by atoms with Crippen molar-refractivity contribution in [1.82, 2.24) is 19.7 Å². The zero-order valence-corrected chi connectivity index (χ0v) is 13.9. The lowest BCUT2D eigenvalue weighted by atomic mass is 10.2. The predicted molar refractivity (Wildman–Crippen MR) is 93.8 cm³/mol. The number of hydrogen-bond acceptors (Lipinski definition) is 5. The van der Waals surface area contributed by atoms with Crippen LogP contribution in [0.1, 0.15) is 13.8 Å². The lowest BCUT2D eigenvalue weighted by Crippen LogP contribution is -2.27. The molecule has 0 unspecified atom stereocenters. The number of fused-ring (bicyclic) bond motifs is 2. The molecule has 122 valence electrons. The van der Waals surface area contributed by atoms with Gasteiger partial charge in [0, 0.05) is 18.0 Å². The number of anilines is 1. The molecule has 2 aromatic heterocycles. The number of benzene rings is 1. The Balaban J connectivity index is 2.03. The van der Waals surface area contributed by atoms with E-state index in [-0.39, 0.29) is 0 Å². The summed E-state index contributed by atoms with van der Waals surface area (Å²) < 4.78 is 7.19. The van der Waals surface area contributed by atoms with Crippen LogP contribution in [-0.2, 0) is 6.54 Å². The average Bonchev–Trinajstić information content (AvgIpc) is 2.89. The highest BCUT2D eigenvalue weighted by atomic mass is 16.5. The number of pyridine rings is 1. The summed E-state index contributed by atoms with van der Waals surface area (Å²) in [5, 5.41) is 6.41. The van der Waals surface area contributed by atoms with Gasteiger partial charge in [0.2, 0.25) is 0 Å². The fraction of sp³-hybridized carbons (Fsp3) is 0.412. The van der Waals surface area contributed by atoms with Crippen molar-refractivity contribution < 1.29 is 4.74 Å². The first-order valence-corrected chi connectivity index (χ1v) is 7.99. The maximum absolute atomic E-state index is 6.09. The smallest absolute Gasteiger partial charge is 0.160 e. The van der Waals surface area contributed by atoms with Crippen LogP contribution in [0.15, 0.2) is 24.3 Å². The normalized spacial score (nSPS) is 11.7. The molecule has 0 aliphatic heterocycles. The molecule has 6 heteroatoms. The molecule has 2 N–H and O–H groups in total. The molecule has 3 rings (SSSR count). The Hall–Kier alpha value is -2.34. The maximum atomic E-state index is 6.09. The molecule has 0 fully saturated rings. The summed E-state index contributed by atoms with van der Waals surface area (Å²) in [6, 6.07) is 7.91. The monoisotopic (exact) mass is 313 g/mol. The van der Waals surface area contributed by atoms with E-state index in [0.29, 0.717) is 5.82 Å². The molecule has 0 amide bonds. The minimum absolute atomic E-state index is 0.532. The number of rotatable bonds is 6. The van der Waals surface area contributed by atoms with Gasteiger partial charge in [-0.15, -0.1) is 0 Å². The minimum atomic E-state index is 0.532. The Bertz CT molecular complexity index is 823. The van der Waals surface area contributed by atoms with Crippen molar-refractivity contribution in [1.29, 1.82) is 0 Å². The summed E-state index contributed by atoms with van der Waals surface area (Å²) in [5.41, 5.74) is 7.80. The van der Waals surface area contributed by atoms with Crippen LogP contribution in [0.4, 0.5) is 5.82 Å². The van der Waals surface area contributed by atoms with Gasteiger partial charge in [0.1, 0.15) is 5.75 Å². The van der Waals surface area contributed by atoms with Gasteiger partial charge in [-0.2, -0.15) is 5.10 Å². The number of nitrogens with zero attached hydrogens (tertiary/aromatic N) is 4. The maximum Gasteiger partial charge on any atom is 0.160 e. The van der Waals surface area contributed by atoms with Gasteiger partial charge in [-0.1, -0.05) is 13.8 Å². The van der Waals surface area contributed by atoms with Crippen molar-refractivity contribution in [3.63, 3.8) is 0 Å². The fourth-order valence-electron chi connectivity index (χ4n) is 2.81. The number of nitrogens with two attached hydrogens (primary N) is 1. The highest BCUT2D eigenvalue weighted by Gasteiger charge is 2.12.